The highest BCUT2D eigenvalue weighted by atomic mass is 16.5. The van der Waals surface area contributed by atoms with Gasteiger partial charge in [-0.15, -0.1) is 0 Å². The topological polar surface area (TPSA) is 49.9 Å². The maximum absolute atomic E-state index is 12.9. The van der Waals surface area contributed by atoms with Crippen molar-refractivity contribution in [2.24, 2.45) is 11.8 Å². The molecule has 0 aliphatic carbocycles. The van der Waals surface area contributed by atoms with Crippen LogP contribution < -0.4 is 4.74 Å². The van der Waals surface area contributed by atoms with Crippen molar-refractivity contribution in [3.63, 3.8) is 0 Å². The standard InChI is InChI=1S/C25H30N2O3/c1-17-6-4-5-7-22(17)25-23-16-26(14-20(23)15-27(25)18(2)28)24(29)13-10-19-8-11-21(30-3)12-9-19/h4-9,11-12,20,23,25H,10,13-16H2,1-3H3/t20-,23-,25-/m1/s1. The summed E-state index contributed by atoms with van der Waals surface area (Å²) in [6.45, 7) is 5.98. The first-order valence-electron chi connectivity index (χ1n) is 10.7. The summed E-state index contributed by atoms with van der Waals surface area (Å²) < 4.78 is 5.20. The fourth-order valence-corrected chi connectivity index (χ4v) is 5.09. The summed E-state index contributed by atoms with van der Waals surface area (Å²) in [6, 6.07) is 16.3. The highest BCUT2D eigenvalue weighted by Crippen LogP contribution is 2.45. The maximum Gasteiger partial charge on any atom is 0.222 e. The smallest absolute Gasteiger partial charge is 0.222 e. The number of ether oxygens (including phenoxy) is 1. The molecule has 2 aliphatic heterocycles. The van der Waals surface area contributed by atoms with Crippen molar-refractivity contribution in [3.05, 3.63) is 65.2 Å². The number of hydrogen-bond acceptors (Lipinski definition) is 3. The van der Waals surface area contributed by atoms with E-state index < -0.39 is 0 Å². The molecule has 5 nitrogen and oxygen atoms in total. The zero-order valence-electron chi connectivity index (χ0n) is 18.0. The van der Waals surface area contributed by atoms with E-state index in [1.807, 2.05) is 46.2 Å². The Morgan fingerprint density at radius 2 is 1.77 bits per heavy atom. The van der Waals surface area contributed by atoms with E-state index in [0.717, 1.165) is 37.4 Å². The van der Waals surface area contributed by atoms with Crippen molar-refractivity contribution in [2.75, 3.05) is 26.7 Å². The third-order valence-electron chi connectivity index (χ3n) is 6.72. The van der Waals surface area contributed by atoms with Crippen molar-refractivity contribution in [3.8, 4) is 5.75 Å². The summed E-state index contributed by atoms with van der Waals surface area (Å²) in [5.41, 5.74) is 3.57. The molecule has 158 valence electrons. The first-order valence-corrected chi connectivity index (χ1v) is 10.7. The number of rotatable bonds is 5. The van der Waals surface area contributed by atoms with Crippen LogP contribution >= 0.6 is 0 Å². The second-order valence-electron chi connectivity index (χ2n) is 8.54. The first kappa shape index (κ1) is 20.5. The highest BCUT2D eigenvalue weighted by molar-refractivity contribution is 5.77. The lowest BCUT2D eigenvalue weighted by Crippen LogP contribution is -2.36. The zero-order chi connectivity index (χ0) is 21.3. The highest BCUT2D eigenvalue weighted by Gasteiger charge is 2.49. The van der Waals surface area contributed by atoms with Crippen LogP contribution in [-0.4, -0.2) is 48.4 Å². The minimum atomic E-state index is 0.0630. The number of carbonyl (C=O) groups excluding carboxylic acids is 2. The maximum atomic E-state index is 12.9. The number of amides is 2. The molecule has 2 saturated heterocycles. The lowest BCUT2D eigenvalue weighted by atomic mass is 9.87. The molecular formula is C25H30N2O3. The van der Waals surface area contributed by atoms with Gasteiger partial charge in [-0.25, -0.2) is 0 Å². The van der Waals surface area contributed by atoms with Gasteiger partial charge >= 0.3 is 0 Å². The number of fused-ring (bicyclic) bond motifs is 1. The molecule has 0 radical (unpaired) electrons. The van der Waals surface area contributed by atoms with Crippen LogP contribution in [0.15, 0.2) is 48.5 Å². The molecule has 0 bridgehead atoms. The van der Waals surface area contributed by atoms with E-state index in [4.69, 9.17) is 4.74 Å². The predicted octanol–water partition coefficient (Wildman–Crippen LogP) is 3.61. The van der Waals surface area contributed by atoms with E-state index in [1.54, 1.807) is 14.0 Å². The molecule has 0 spiro atoms. The fraction of sp³-hybridized carbons (Fsp3) is 0.440. The van der Waals surface area contributed by atoms with Gasteiger partial charge in [-0.3, -0.25) is 9.59 Å². The van der Waals surface area contributed by atoms with Gasteiger partial charge in [-0.1, -0.05) is 36.4 Å². The normalized spacial score (nSPS) is 22.8. The van der Waals surface area contributed by atoms with E-state index in [-0.39, 0.29) is 17.9 Å². The Hall–Kier alpha value is -2.82. The van der Waals surface area contributed by atoms with E-state index in [9.17, 15) is 9.59 Å². The minimum absolute atomic E-state index is 0.0630. The second kappa shape index (κ2) is 8.50. The molecule has 0 aromatic heterocycles. The Morgan fingerprint density at radius 1 is 1.03 bits per heavy atom. The van der Waals surface area contributed by atoms with Gasteiger partial charge < -0.3 is 14.5 Å². The molecule has 5 heteroatoms. The number of aryl methyl sites for hydroxylation is 2. The van der Waals surface area contributed by atoms with Crippen LogP contribution in [0.5, 0.6) is 5.75 Å². The third-order valence-corrected chi connectivity index (χ3v) is 6.72. The third kappa shape index (κ3) is 3.93. The molecule has 30 heavy (non-hydrogen) atoms. The van der Waals surface area contributed by atoms with Gasteiger partial charge in [0.25, 0.3) is 0 Å². The van der Waals surface area contributed by atoms with Crippen molar-refractivity contribution >= 4 is 11.8 Å². The van der Waals surface area contributed by atoms with Gasteiger partial charge in [0.1, 0.15) is 5.75 Å². The Balaban J connectivity index is 1.44. The zero-order valence-corrected chi connectivity index (χ0v) is 18.0. The van der Waals surface area contributed by atoms with Gasteiger partial charge in [0.05, 0.1) is 13.2 Å². The monoisotopic (exact) mass is 406 g/mol. The minimum Gasteiger partial charge on any atom is -0.497 e. The van der Waals surface area contributed by atoms with E-state index in [0.29, 0.717) is 18.3 Å². The number of nitrogens with zero attached hydrogens (tertiary/aromatic N) is 2. The Labute approximate surface area is 178 Å². The average molecular weight is 407 g/mol. The number of benzene rings is 2. The summed E-state index contributed by atoms with van der Waals surface area (Å²) in [4.78, 5) is 29.3. The van der Waals surface area contributed by atoms with Gasteiger partial charge in [-0.2, -0.15) is 0 Å². The molecule has 2 aromatic rings. The summed E-state index contributed by atoms with van der Waals surface area (Å²) in [7, 11) is 1.65. The van der Waals surface area contributed by atoms with E-state index in [2.05, 4.69) is 19.1 Å². The van der Waals surface area contributed by atoms with Crippen LogP contribution in [0.3, 0.4) is 0 Å². The molecule has 2 amide bonds. The number of carbonyl (C=O) groups is 2. The van der Waals surface area contributed by atoms with Crippen molar-refractivity contribution in [1.29, 1.82) is 0 Å². The molecular weight excluding hydrogens is 376 g/mol. The fourth-order valence-electron chi connectivity index (χ4n) is 5.09. The number of methoxy groups -OCH3 is 1. The summed E-state index contributed by atoms with van der Waals surface area (Å²) in [5.74, 6) is 1.81. The van der Waals surface area contributed by atoms with Crippen LogP contribution in [0.1, 0.15) is 36.1 Å². The van der Waals surface area contributed by atoms with Gasteiger partial charge in [-0.05, 0) is 42.2 Å². The van der Waals surface area contributed by atoms with Crippen LogP contribution in [0.25, 0.3) is 0 Å². The second-order valence-corrected chi connectivity index (χ2v) is 8.54. The predicted molar refractivity (Wildman–Crippen MR) is 116 cm³/mol. The van der Waals surface area contributed by atoms with Crippen LogP contribution in [-0.2, 0) is 16.0 Å². The van der Waals surface area contributed by atoms with Gasteiger partial charge in [0.15, 0.2) is 0 Å². The van der Waals surface area contributed by atoms with Crippen molar-refractivity contribution in [2.45, 2.75) is 32.7 Å². The molecule has 0 unspecified atom stereocenters. The van der Waals surface area contributed by atoms with Crippen LogP contribution in [0.2, 0.25) is 0 Å². The molecule has 0 saturated carbocycles. The summed E-state index contributed by atoms with van der Waals surface area (Å²) in [5, 5.41) is 0. The van der Waals surface area contributed by atoms with Gasteiger partial charge in [0, 0.05) is 44.8 Å². The molecule has 2 fully saturated rings. The summed E-state index contributed by atoms with van der Waals surface area (Å²) >= 11 is 0. The van der Waals surface area contributed by atoms with Crippen molar-refractivity contribution in [1.82, 2.24) is 9.80 Å². The van der Waals surface area contributed by atoms with Crippen LogP contribution in [0, 0.1) is 18.8 Å². The van der Waals surface area contributed by atoms with Crippen LogP contribution in [0.4, 0.5) is 0 Å². The molecule has 2 heterocycles. The lowest BCUT2D eigenvalue weighted by Gasteiger charge is -2.30. The first-order chi connectivity index (χ1) is 14.5. The molecule has 3 atom stereocenters. The molecule has 2 aliphatic rings. The van der Waals surface area contributed by atoms with E-state index >= 15 is 0 Å². The quantitative estimate of drug-likeness (QED) is 0.762. The summed E-state index contributed by atoms with van der Waals surface area (Å²) in [6.07, 6.45) is 1.24. The molecule has 2 aromatic carbocycles. The SMILES string of the molecule is COc1ccc(CCC(=O)N2C[C@@H]3CN(C(C)=O)[C@H](c4ccccc4C)[C@@H]3C2)cc1. The Morgan fingerprint density at radius 3 is 2.43 bits per heavy atom. The number of likely N-dealkylation sites (tertiary alicyclic amines) is 2. The largest absolute Gasteiger partial charge is 0.497 e. The number of hydrogen-bond donors (Lipinski definition) is 0. The lowest BCUT2D eigenvalue weighted by molar-refractivity contribution is -0.131. The Kier molecular flexibility index (Phi) is 5.80. The molecule has 4 rings (SSSR count). The molecule has 0 N–H and O–H groups in total. The Bertz CT molecular complexity index is 924. The van der Waals surface area contributed by atoms with Gasteiger partial charge in [0.2, 0.25) is 11.8 Å². The van der Waals surface area contributed by atoms with E-state index in [1.165, 1.54) is 11.1 Å². The van der Waals surface area contributed by atoms with Crippen molar-refractivity contribution < 1.29 is 14.3 Å². The average Bonchev–Trinajstić information content (AvgIpc) is 3.31.